The van der Waals surface area contributed by atoms with Gasteiger partial charge in [-0.1, -0.05) is 6.92 Å². The van der Waals surface area contributed by atoms with E-state index in [0.29, 0.717) is 18.8 Å². The molecule has 19 heavy (non-hydrogen) atoms. The first-order valence-corrected chi connectivity index (χ1v) is 7.19. The maximum absolute atomic E-state index is 12.2. The molecule has 0 spiro atoms. The number of aliphatic carboxylic acids is 1. The maximum Gasteiger partial charge on any atom is 0.306 e. The van der Waals surface area contributed by atoms with Crippen LogP contribution in [0.1, 0.15) is 39.0 Å². The maximum atomic E-state index is 12.2. The molecule has 1 heterocycles. The summed E-state index contributed by atoms with van der Waals surface area (Å²) in [5, 5.41) is 12.0. The summed E-state index contributed by atoms with van der Waals surface area (Å²) < 4.78 is 5.31. The van der Waals surface area contributed by atoms with Gasteiger partial charge in [-0.25, -0.2) is 0 Å². The highest BCUT2D eigenvalue weighted by Gasteiger charge is 2.33. The van der Waals surface area contributed by atoms with Gasteiger partial charge in [-0.2, -0.15) is 0 Å². The van der Waals surface area contributed by atoms with Crippen LogP contribution in [0.15, 0.2) is 0 Å². The number of carbonyl (C=O) groups is 2. The minimum absolute atomic E-state index is 0.00669. The van der Waals surface area contributed by atoms with Gasteiger partial charge in [0.05, 0.1) is 5.92 Å². The smallest absolute Gasteiger partial charge is 0.306 e. The molecular weight excluding hydrogens is 246 g/mol. The van der Waals surface area contributed by atoms with Gasteiger partial charge in [-0.05, 0) is 38.0 Å². The first-order chi connectivity index (χ1) is 9.08. The van der Waals surface area contributed by atoms with Crippen LogP contribution < -0.4 is 5.32 Å². The predicted octanol–water partition coefficient (Wildman–Crippen LogP) is 1.42. The van der Waals surface area contributed by atoms with Crippen molar-refractivity contribution in [1.29, 1.82) is 0 Å². The molecule has 108 valence electrons. The average Bonchev–Trinajstić information content (AvgIpc) is 2.87. The van der Waals surface area contributed by atoms with Crippen LogP contribution >= 0.6 is 0 Å². The predicted molar refractivity (Wildman–Crippen MR) is 69.6 cm³/mol. The normalized spacial score (nSPS) is 29.9. The Bertz CT molecular complexity index is 338. The molecule has 2 fully saturated rings. The van der Waals surface area contributed by atoms with Gasteiger partial charge in [0.15, 0.2) is 0 Å². The Kier molecular flexibility index (Phi) is 4.80. The minimum atomic E-state index is -0.741. The van der Waals surface area contributed by atoms with Crippen molar-refractivity contribution < 1.29 is 19.4 Å². The van der Waals surface area contributed by atoms with Crippen molar-refractivity contribution in [2.45, 2.75) is 45.1 Å². The fourth-order valence-electron chi connectivity index (χ4n) is 3.10. The van der Waals surface area contributed by atoms with E-state index >= 15 is 0 Å². The van der Waals surface area contributed by atoms with Crippen molar-refractivity contribution in [3.63, 3.8) is 0 Å². The zero-order chi connectivity index (χ0) is 13.8. The zero-order valence-corrected chi connectivity index (χ0v) is 11.4. The van der Waals surface area contributed by atoms with Gasteiger partial charge in [0.2, 0.25) is 5.91 Å². The standard InChI is InChI=1S/C14H23NO4/c1-9(10-4-6-19-7-5-10)13(16)15-12-3-2-11(8-12)14(17)18/h9-12H,2-8H2,1H3,(H,15,16)(H,17,18)/t9-,11-,12+/m1/s1. The molecule has 0 unspecified atom stereocenters. The fourth-order valence-corrected chi connectivity index (χ4v) is 3.10. The van der Waals surface area contributed by atoms with E-state index in [1.165, 1.54) is 0 Å². The summed E-state index contributed by atoms with van der Waals surface area (Å²) in [6.07, 6.45) is 3.91. The molecule has 0 radical (unpaired) electrons. The fraction of sp³-hybridized carbons (Fsp3) is 0.857. The molecule has 2 rings (SSSR count). The van der Waals surface area contributed by atoms with Gasteiger partial charge < -0.3 is 15.2 Å². The van der Waals surface area contributed by atoms with Crippen molar-refractivity contribution in [2.75, 3.05) is 13.2 Å². The summed E-state index contributed by atoms with van der Waals surface area (Å²) in [5.74, 6) is -0.570. The number of amides is 1. The van der Waals surface area contributed by atoms with E-state index in [0.717, 1.165) is 32.5 Å². The van der Waals surface area contributed by atoms with Crippen LogP contribution in [0.2, 0.25) is 0 Å². The number of carbonyl (C=O) groups excluding carboxylic acids is 1. The molecule has 1 aliphatic carbocycles. The lowest BCUT2D eigenvalue weighted by atomic mass is 9.86. The first-order valence-electron chi connectivity index (χ1n) is 7.19. The Morgan fingerprint density at radius 3 is 2.47 bits per heavy atom. The molecule has 5 heteroatoms. The van der Waals surface area contributed by atoms with Crippen molar-refractivity contribution in [3.8, 4) is 0 Å². The number of hydrogen-bond acceptors (Lipinski definition) is 3. The molecule has 2 N–H and O–H groups in total. The highest BCUT2D eigenvalue weighted by Crippen LogP contribution is 2.27. The average molecular weight is 269 g/mol. The second-order valence-corrected chi connectivity index (χ2v) is 5.79. The van der Waals surface area contributed by atoms with Gasteiger partial charge in [-0.15, -0.1) is 0 Å². The summed E-state index contributed by atoms with van der Waals surface area (Å²) in [6.45, 7) is 3.45. The SMILES string of the molecule is C[C@@H](C(=O)N[C@H]1CC[C@@H](C(=O)O)C1)C1CCOCC1. The lowest BCUT2D eigenvalue weighted by molar-refractivity contribution is -0.141. The number of hydrogen-bond donors (Lipinski definition) is 2. The number of carboxylic acid groups (broad SMARTS) is 1. The summed E-state index contributed by atoms with van der Waals surface area (Å²) in [5.41, 5.74) is 0. The Morgan fingerprint density at radius 2 is 1.89 bits per heavy atom. The van der Waals surface area contributed by atoms with Crippen molar-refractivity contribution in [2.24, 2.45) is 17.8 Å². The zero-order valence-electron chi connectivity index (χ0n) is 11.4. The van der Waals surface area contributed by atoms with Gasteiger partial charge in [-0.3, -0.25) is 9.59 Å². The summed E-state index contributed by atoms with van der Waals surface area (Å²) in [6, 6.07) is 0.0379. The van der Waals surface area contributed by atoms with E-state index in [1.807, 2.05) is 6.92 Å². The third-order valence-corrected chi connectivity index (χ3v) is 4.51. The molecule has 1 saturated carbocycles. The molecule has 5 nitrogen and oxygen atoms in total. The first kappa shape index (κ1) is 14.3. The lowest BCUT2D eigenvalue weighted by Gasteiger charge is -2.28. The number of nitrogens with one attached hydrogen (secondary N) is 1. The Hall–Kier alpha value is -1.10. The molecule has 1 aliphatic heterocycles. The molecular formula is C14H23NO4. The van der Waals surface area contributed by atoms with Crippen LogP contribution in [0, 0.1) is 17.8 Å². The largest absolute Gasteiger partial charge is 0.481 e. The Labute approximate surface area is 113 Å². The van der Waals surface area contributed by atoms with Gasteiger partial charge in [0.25, 0.3) is 0 Å². The summed E-state index contributed by atoms with van der Waals surface area (Å²) >= 11 is 0. The highest BCUT2D eigenvalue weighted by atomic mass is 16.5. The van der Waals surface area contributed by atoms with Gasteiger partial charge >= 0.3 is 5.97 Å². The molecule has 0 aromatic heterocycles. The molecule has 1 saturated heterocycles. The lowest BCUT2D eigenvalue weighted by Crippen LogP contribution is -2.40. The van der Waals surface area contributed by atoms with Crippen LogP contribution in [0.5, 0.6) is 0 Å². The van der Waals surface area contributed by atoms with Crippen LogP contribution in [-0.4, -0.2) is 36.2 Å². The number of rotatable bonds is 4. The number of carboxylic acids is 1. The van der Waals surface area contributed by atoms with E-state index in [9.17, 15) is 9.59 Å². The molecule has 3 atom stereocenters. The third-order valence-electron chi connectivity index (χ3n) is 4.51. The second kappa shape index (κ2) is 6.37. The van der Waals surface area contributed by atoms with Crippen molar-refractivity contribution in [3.05, 3.63) is 0 Å². The van der Waals surface area contributed by atoms with Crippen LogP contribution in [-0.2, 0) is 14.3 Å². The second-order valence-electron chi connectivity index (χ2n) is 5.79. The van der Waals surface area contributed by atoms with Crippen LogP contribution in [0.4, 0.5) is 0 Å². The third kappa shape index (κ3) is 3.69. The number of ether oxygens (including phenoxy) is 1. The molecule has 0 bridgehead atoms. The summed E-state index contributed by atoms with van der Waals surface area (Å²) in [7, 11) is 0. The highest BCUT2D eigenvalue weighted by molar-refractivity contribution is 5.79. The van der Waals surface area contributed by atoms with E-state index in [4.69, 9.17) is 9.84 Å². The van der Waals surface area contributed by atoms with Gasteiger partial charge in [0.1, 0.15) is 0 Å². The van der Waals surface area contributed by atoms with Gasteiger partial charge in [0, 0.05) is 25.2 Å². The Morgan fingerprint density at radius 1 is 1.21 bits per heavy atom. The van der Waals surface area contributed by atoms with Crippen molar-refractivity contribution >= 4 is 11.9 Å². The van der Waals surface area contributed by atoms with E-state index in [1.54, 1.807) is 0 Å². The van der Waals surface area contributed by atoms with E-state index in [-0.39, 0.29) is 23.8 Å². The Balaban J connectivity index is 1.79. The topological polar surface area (TPSA) is 75.6 Å². The quantitative estimate of drug-likeness (QED) is 0.809. The van der Waals surface area contributed by atoms with E-state index < -0.39 is 5.97 Å². The summed E-state index contributed by atoms with van der Waals surface area (Å²) in [4.78, 5) is 23.1. The van der Waals surface area contributed by atoms with E-state index in [2.05, 4.69) is 5.32 Å². The van der Waals surface area contributed by atoms with Crippen LogP contribution in [0.3, 0.4) is 0 Å². The monoisotopic (exact) mass is 269 g/mol. The molecule has 0 aromatic rings. The van der Waals surface area contributed by atoms with Crippen LogP contribution in [0.25, 0.3) is 0 Å². The molecule has 2 aliphatic rings. The molecule has 1 amide bonds. The molecule has 0 aromatic carbocycles. The van der Waals surface area contributed by atoms with Crippen molar-refractivity contribution in [1.82, 2.24) is 5.32 Å². The minimum Gasteiger partial charge on any atom is -0.481 e.